The third-order valence-electron chi connectivity index (χ3n) is 3.00. The quantitative estimate of drug-likeness (QED) is 0.868. The van der Waals surface area contributed by atoms with E-state index >= 15 is 0 Å². The lowest BCUT2D eigenvalue weighted by Crippen LogP contribution is -2.45. The minimum absolute atomic E-state index is 0.0550. The summed E-state index contributed by atoms with van der Waals surface area (Å²) in [5, 5.41) is 8.21. The van der Waals surface area contributed by atoms with Crippen molar-refractivity contribution in [3.05, 3.63) is 35.4 Å². The first-order chi connectivity index (χ1) is 9.47. The van der Waals surface area contributed by atoms with E-state index in [4.69, 9.17) is 10.8 Å². The Kier molecular flexibility index (Phi) is 4.24. The number of benzene rings is 1. The fraction of sp³-hybridized carbons (Fsp3) is 0.333. The number of nitrogens with two attached hydrogens (primary N) is 1. The van der Waals surface area contributed by atoms with Gasteiger partial charge in [-0.15, -0.1) is 11.8 Å². The van der Waals surface area contributed by atoms with Crippen LogP contribution in [0, 0.1) is 11.6 Å². The van der Waals surface area contributed by atoms with Crippen molar-refractivity contribution >= 4 is 23.6 Å². The zero-order chi connectivity index (χ0) is 14.9. The van der Waals surface area contributed by atoms with E-state index < -0.39 is 41.5 Å². The van der Waals surface area contributed by atoms with Gasteiger partial charge in [-0.25, -0.2) is 13.6 Å². The molecule has 2 rings (SSSR count). The highest BCUT2D eigenvalue weighted by atomic mass is 32.2. The molecule has 1 aromatic carbocycles. The van der Waals surface area contributed by atoms with E-state index in [1.165, 1.54) is 12.1 Å². The number of carboxylic acid groups (broad SMARTS) is 1. The lowest BCUT2D eigenvalue weighted by molar-refractivity contribution is -0.148. The third kappa shape index (κ3) is 2.48. The summed E-state index contributed by atoms with van der Waals surface area (Å²) in [6.45, 7) is -0.391. The first-order valence-electron chi connectivity index (χ1n) is 5.77. The summed E-state index contributed by atoms with van der Waals surface area (Å²) in [6, 6.07) is 2.51. The summed E-state index contributed by atoms with van der Waals surface area (Å²) in [5.74, 6) is -3.83. The summed E-state index contributed by atoms with van der Waals surface area (Å²) in [5.41, 5.74) is 5.21. The number of hydrogen-bond acceptors (Lipinski definition) is 4. The molecule has 1 aliphatic rings. The summed E-state index contributed by atoms with van der Waals surface area (Å²) < 4.78 is 27.1. The monoisotopic (exact) mass is 302 g/mol. The second-order valence-electron chi connectivity index (χ2n) is 4.19. The molecule has 20 heavy (non-hydrogen) atoms. The van der Waals surface area contributed by atoms with Crippen LogP contribution in [0.5, 0.6) is 0 Å². The first kappa shape index (κ1) is 14.7. The van der Waals surface area contributed by atoms with Gasteiger partial charge in [-0.05, 0) is 6.07 Å². The van der Waals surface area contributed by atoms with E-state index in [2.05, 4.69) is 0 Å². The van der Waals surface area contributed by atoms with Crippen LogP contribution in [0.2, 0.25) is 0 Å². The molecule has 1 aromatic rings. The maximum Gasteiger partial charge on any atom is 0.327 e. The van der Waals surface area contributed by atoms with Gasteiger partial charge in [0.05, 0.1) is 6.54 Å². The van der Waals surface area contributed by atoms with Gasteiger partial charge in [-0.3, -0.25) is 4.79 Å². The molecule has 1 saturated heterocycles. The van der Waals surface area contributed by atoms with Crippen molar-refractivity contribution in [2.75, 3.05) is 12.3 Å². The van der Waals surface area contributed by atoms with Crippen LogP contribution in [0.1, 0.15) is 10.9 Å². The lowest BCUT2D eigenvalue weighted by atomic mass is 10.1. The molecule has 0 spiro atoms. The van der Waals surface area contributed by atoms with Crippen LogP contribution >= 0.6 is 11.8 Å². The summed E-state index contributed by atoms with van der Waals surface area (Å²) in [4.78, 5) is 24.0. The Labute approximate surface area is 117 Å². The molecule has 1 fully saturated rings. The molecule has 8 heteroatoms. The fourth-order valence-corrected chi connectivity index (χ4v) is 3.51. The zero-order valence-corrected chi connectivity index (χ0v) is 11.1. The van der Waals surface area contributed by atoms with Crippen LogP contribution in [-0.4, -0.2) is 40.2 Å². The number of halogens is 2. The SMILES string of the molecule is NCC(=O)N1[C@@H](c2cccc(F)c2F)SC[C@H]1C(=O)O. The van der Waals surface area contributed by atoms with Crippen molar-refractivity contribution in [1.29, 1.82) is 0 Å². The van der Waals surface area contributed by atoms with Gasteiger partial charge in [0, 0.05) is 11.3 Å². The number of aliphatic carboxylic acids is 1. The molecule has 1 heterocycles. The molecule has 0 aliphatic carbocycles. The maximum absolute atomic E-state index is 13.8. The van der Waals surface area contributed by atoms with E-state index in [1.54, 1.807) is 0 Å². The average Bonchev–Trinajstić information content (AvgIpc) is 2.85. The van der Waals surface area contributed by atoms with E-state index in [0.29, 0.717) is 0 Å². The molecule has 2 atom stereocenters. The predicted octanol–water partition coefficient (Wildman–Crippen LogP) is 0.951. The van der Waals surface area contributed by atoms with Gasteiger partial charge >= 0.3 is 5.97 Å². The van der Waals surface area contributed by atoms with Gasteiger partial charge in [0.1, 0.15) is 11.4 Å². The second-order valence-corrected chi connectivity index (χ2v) is 5.30. The largest absolute Gasteiger partial charge is 0.480 e. The second kappa shape index (κ2) is 5.76. The van der Waals surface area contributed by atoms with Crippen LogP contribution in [0.15, 0.2) is 18.2 Å². The molecule has 3 N–H and O–H groups in total. The Balaban J connectivity index is 2.42. The van der Waals surface area contributed by atoms with Crippen molar-refractivity contribution < 1.29 is 23.5 Å². The van der Waals surface area contributed by atoms with Crippen molar-refractivity contribution in [1.82, 2.24) is 4.90 Å². The standard InChI is InChI=1S/C12H12F2N2O3S/c13-7-3-1-2-6(10(7)14)11-16(9(17)4-15)8(5-20-11)12(18)19/h1-3,8,11H,4-5,15H2,(H,18,19)/t8-,11+/m0/s1. The Morgan fingerprint density at radius 1 is 1.45 bits per heavy atom. The van der Waals surface area contributed by atoms with Gasteiger partial charge < -0.3 is 15.7 Å². The van der Waals surface area contributed by atoms with Crippen molar-refractivity contribution in [2.45, 2.75) is 11.4 Å². The Morgan fingerprint density at radius 2 is 2.15 bits per heavy atom. The predicted molar refractivity (Wildman–Crippen MR) is 68.9 cm³/mol. The van der Waals surface area contributed by atoms with Crippen LogP contribution in [-0.2, 0) is 9.59 Å². The van der Waals surface area contributed by atoms with Gasteiger partial charge in [0.15, 0.2) is 11.6 Å². The molecule has 0 saturated carbocycles. The van der Waals surface area contributed by atoms with Crippen LogP contribution in [0.3, 0.4) is 0 Å². The minimum Gasteiger partial charge on any atom is -0.480 e. The summed E-state index contributed by atoms with van der Waals surface area (Å²) in [7, 11) is 0. The topological polar surface area (TPSA) is 83.6 Å². The van der Waals surface area contributed by atoms with Crippen LogP contribution in [0.25, 0.3) is 0 Å². The minimum atomic E-state index is -1.20. The Morgan fingerprint density at radius 3 is 2.75 bits per heavy atom. The average molecular weight is 302 g/mol. The van der Waals surface area contributed by atoms with Gasteiger partial charge in [-0.1, -0.05) is 12.1 Å². The zero-order valence-electron chi connectivity index (χ0n) is 10.3. The molecule has 1 amide bonds. The van der Waals surface area contributed by atoms with Crippen LogP contribution in [0.4, 0.5) is 8.78 Å². The smallest absolute Gasteiger partial charge is 0.327 e. The number of nitrogens with zero attached hydrogens (tertiary/aromatic N) is 1. The van der Waals surface area contributed by atoms with E-state index in [1.807, 2.05) is 0 Å². The molecule has 5 nitrogen and oxygen atoms in total. The van der Waals surface area contributed by atoms with Crippen molar-refractivity contribution in [3.8, 4) is 0 Å². The third-order valence-corrected chi connectivity index (χ3v) is 4.30. The van der Waals surface area contributed by atoms with Crippen LogP contribution < -0.4 is 5.73 Å². The number of rotatable bonds is 3. The number of hydrogen-bond donors (Lipinski definition) is 2. The maximum atomic E-state index is 13.8. The number of thioether (sulfide) groups is 1. The van der Waals surface area contributed by atoms with Crippen molar-refractivity contribution in [3.63, 3.8) is 0 Å². The van der Waals surface area contributed by atoms with E-state index in [0.717, 1.165) is 22.7 Å². The highest BCUT2D eigenvalue weighted by Gasteiger charge is 2.43. The molecular weight excluding hydrogens is 290 g/mol. The first-order valence-corrected chi connectivity index (χ1v) is 6.81. The Hall–Kier alpha value is -1.67. The molecule has 0 aromatic heterocycles. The van der Waals surface area contributed by atoms with E-state index in [-0.39, 0.29) is 11.3 Å². The summed E-state index contributed by atoms with van der Waals surface area (Å²) >= 11 is 1.07. The highest BCUT2D eigenvalue weighted by molar-refractivity contribution is 7.99. The van der Waals surface area contributed by atoms with Gasteiger partial charge in [0.2, 0.25) is 5.91 Å². The fourth-order valence-electron chi connectivity index (χ4n) is 2.06. The molecular formula is C12H12F2N2O3S. The van der Waals surface area contributed by atoms with Gasteiger partial charge in [-0.2, -0.15) is 0 Å². The number of carbonyl (C=O) groups is 2. The molecule has 108 valence electrons. The number of carbonyl (C=O) groups excluding carboxylic acids is 1. The molecule has 1 aliphatic heterocycles. The lowest BCUT2D eigenvalue weighted by Gasteiger charge is -2.27. The highest BCUT2D eigenvalue weighted by Crippen LogP contribution is 2.42. The van der Waals surface area contributed by atoms with Crippen molar-refractivity contribution in [2.24, 2.45) is 5.73 Å². The van der Waals surface area contributed by atoms with Gasteiger partial charge in [0.25, 0.3) is 0 Å². The molecule has 0 bridgehead atoms. The van der Waals surface area contributed by atoms with E-state index in [9.17, 15) is 18.4 Å². The molecule has 0 radical (unpaired) electrons. The number of carboxylic acids is 1. The Bertz CT molecular complexity index is 556. The number of amides is 1. The normalized spacial score (nSPS) is 22.1. The molecule has 0 unspecified atom stereocenters. The summed E-state index contributed by atoms with van der Waals surface area (Å²) in [6.07, 6.45) is 0.